The number of hydrogen-bond donors (Lipinski definition) is 1. The summed E-state index contributed by atoms with van der Waals surface area (Å²) >= 11 is 5.35. The molecule has 0 aromatic carbocycles. The number of nitrogens with zero attached hydrogens (tertiary/aromatic N) is 1. The highest BCUT2D eigenvalue weighted by Gasteiger charge is 2.52. The van der Waals surface area contributed by atoms with E-state index < -0.39 is 0 Å². The van der Waals surface area contributed by atoms with Crippen molar-refractivity contribution in [3.63, 3.8) is 0 Å². The highest BCUT2D eigenvalue weighted by atomic mass is 32.1. The molecule has 0 unspecified atom stereocenters. The summed E-state index contributed by atoms with van der Waals surface area (Å²) in [4.78, 5) is 2.00. The van der Waals surface area contributed by atoms with Crippen LogP contribution in [-0.2, 0) is 0 Å². The van der Waals surface area contributed by atoms with Gasteiger partial charge in [-0.05, 0) is 55.2 Å². The van der Waals surface area contributed by atoms with E-state index in [4.69, 9.17) is 12.2 Å². The Morgan fingerprint density at radius 2 is 2.12 bits per heavy atom. The van der Waals surface area contributed by atoms with Crippen LogP contribution in [0.2, 0.25) is 0 Å². The molecule has 0 radical (unpaired) electrons. The lowest BCUT2D eigenvalue weighted by Crippen LogP contribution is -2.46. The summed E-state index contributed by atoms with van der Waals surface area (Å²) in [6, 6.07) is 0.629. The molecule has 3 heteroatoms. The summed E-state index contributed by atoms with van der Waals surface area (Å²) in [5, 5.41) is 4.44. The van der Waals surface area contributed by atoms with Crippen LogP contribution < -0.4 is 5.32 Å². The Morgan fingerprint density at radius 3 is 2.88 bits per heavy atom. The smallest absolute Gasteiger partial charge is 0.168 e. The molecule has 2 fully saturated rings. The van der Waals surface area contributed by atoms with Crippen LogP contribution in [-0.4, -0.2) is 30.1 Å². The van der Waals surface area contributed by atoms with Gasteiger partial charge in [0, 0.05) is 20.1 Å². The van der Waals surface area contributed by atoms with Crippen LogP contribution in [0.15, 0.2) is 12.2 Å². The topological polar surface area (TPSA) is 15.3 Å². The van der Waals surface area contributed by atoms with Crippen LogP contribution in [0.5, 0.6) is 0 Å². The van der Waals surface area contributed by atoms with E-state index >= 15 is 0 Å². The van der Waals surface area contributed by atoms with Crippen LogP contribution in [0.4, 0.5) is 0 Å². The summed E-state index contributed by atoms with van der Waals surface area (Å²) in [5.41, 5.74) is 0. The number of hydrogen-bond acceptors (Lipinski definition) is 1. The van der Waals surface area contributed by atoms with E-state index in [9.17, 15) is 0 Å². The molecule has 0 spiro atoms. The minimum Gasteiger partial charge on any atom is -0.360 e. The van der Waals surface area contributed by atoms with Crippen molar-refractivity contribution >= 4 is 17.3 Å². The maximum Gasteiger partial charge on any atom is 0.168 e. The van der Waals surface area contributed by atoms with E-state index in [1.165, 1.54) is 19.3 Å². The second kappa shape index (κ2) is 3.73. The van der Waals surface area contributed by atoms with Crippen LogP contribution >= 0.6 is 12.2 Å². The molecule has 0 aliphatic heterocycles. The molecule has 0 aromatic rings. The van der Waals surface area contributed by atoms with Gasteiger partial charge in [0.1, 0.15) is 0 Å². The Morgan fingerprint density at radius 1 is 1.31 bits per heavy atom. The van der Waals surface area contributed by atoms with E-state index in [2.05, 4.69) is 17.5 Å². The summed E-state index contributed by atoms with van der Waals surface area (Å²) in [6.07, 6.45) is 8.94. The predicted molar refractivity (Wildman–Crippen MR) is 70.2 cm³/mol. The average molecular weight is 236 g/mol. The van der Waals surface area contributed by atoms with Gasteiger partial charge in [-0.1, -0.05) is 12.2 Å². The molecule has 88 valence electrons. The standard InChI is InChI=1S/C13H20N2S/c1-15(2)13(16)14-12-7-8-6-11(12)10-5-3-4-9(8)10/h3,5,8-12H,4,6-7H2,1-2H3,(H,14,16)/t8-,9-,10+,11-,12-/m1/s1. The molecular formula is C13H20N2S. The summed E-state index contributed by atoms with van der Waals surface area (Å²) in [5.74, 6) is 3.61. The van der Waals surface area contributed by atoms with Crippen molar-refractivity contribution < 1.29 is 0 Å². The summed E-state index contributed by atoms with van der Waals surface area (Å²) in [7, 11) is 4.03. The lowest BCUT2D eigenvalue weighted by Gasteiger charge is -2.33. The monoisotopic (exact) mass is 236 g/mol. The fourth-order valence-corrected chi connectivity index (χ4v) is 4.15. The predicted octanol–water partition coefficient (Wildman–Crippen LogP) is 2.02. The molecule has 0 aromatic heterocycles. The maximum absolute atomic E-state index is 5.35. The fraction of sp³-hybridized carbons (Fsp3) is 0.769. The average Bonchev–Trinajstić information content (AvgIpc) is 2.87. The molecule has 3 aliphatic rings. The molecule has 3 rings (SSSR count). The second-order valence-corrected chi connectivity index (χ2v) is 6.14. The molecular weight excluding hydrogens is 216 g/mol. The number of allylic oxidation sites excluding steroid dienone is 2. The Hall–Kier alpha value is -0.570. The van der Waals surface area contributed by atoms with Gasteiger partial charge in [0.15, 0.2) is 5.11 Å². The van der Waals surface area contributed by atoms with Crippen molar-refractivity contribution in [2.75, 3.05) is 14.1 Å². The highest BCUT2D eigenvalue weighted by molar-refractivity contribution is 7.80. The van der Waals surface area contributed by atoms with E-state index in [-0.39, 0.29) is 0 Å². The van der Waals surface area contributed by atoms with Crippen molar-refractivity contribution in [3.8, 4) is 0 Å². The number of nitrogens with one attached hydrogen (secondary N) is 1. The third kappa shape index (κ3) is 1.48. The lowest BCUT2D eigenvalue weighted by atomic mass is 9.79. The van der Waals surface area contributed by atoms with Gasteiger partial charge in [-0.15, -0.1) is 0 Å². The first-order valence-corrected chi connectivity index (χ1v) is 6.72. The Bertz CT molecular complexity index is 337. The molecule has 3 aliphatic carbocycles. The van der Waals surface area contributed by atoms with Gasteiger partial charge in [0.25, 0.3) is 0 Å². The summed E-state index contributed by atoms with van der Waals surface area (Å²) < 4.78 is 0. The van der Waals surface area contributed by atoms with Gasteiger partial charge in [0.05, 0.1) is 0 Å². The maximum atomic E-state index is 5.35. The Balaban J connectivity index is 1.68. The van der Waals surface area contributed by atoms with E-state index in [0.29, 0.717) is 6.04 Å². The van der Waals surface area contributed by atoms with Crippen LogP contribution in [0, 0.1) is 23.7 Å². The van der Waals surface area contributed by atoms with Gasteiger partial charge in [-0.3, -0.25) is 0 Å². The molecule has 2 nitrogen and oxygen atoms in total. The first-order valence-electron chi connectivity index (χ1n) is 6.31. The second-order valence-electron chi connectivity index (χ2n) is 5.75. The molecule has 1 N–H and O–H groups in total. The molecule has 2 bridgehead atoms. The van der Waals surface area contributed by atoms with E-state index in [1.807, 2.05) is 19.0 Å². The first kappa shape index (κ1) is 10.6. The molecule has 5 atom stereocenters. The number of fused-ring (bicyclic) bond motifs is 5. The molecule has 0 saturated heterocycles. The van der Waals surface area contributed by atoms with Crippen molar-refractivity contribution in [3.05, 3.63) is 12.2 Å². The van der Waals surface area contributed by atoms with Gasteiger partial charge < -0.3 is 10.2 Å². The third-order valence-electron chi connectivity index (χ3n) is 4.72. The summed E-state index contributed by atoms with van der Waals surface area (Å²) in [6.45, 7) is 0. The van der Waals surface area contributed by atoms with Crippen LogP contribution in [0.1, 0.15) is 19.3 Å². The Labute approximate surface area is 103 Å². The van der Waals surface area contributed by atoms with Gasteiger partial charge in [-0.25, -0.2) is 0 Å². The first-order chi connectivity index (χ1) is 7.66. The molecule has 16 heavy (non-hydrogen) atoms. The minimum atomic E-state index is 0.629. The van der Waals surface area contributed by atoms with Gasteiger partial charge in [-0.2, -0.15) is 0 Å². The molecule has 2 saturated carbocycles. The van der Waals surface area contributed by atoms with Crippen molar-refractivity contribution in [2.24, 2.45) is 23.7 Å². The highest BCUT2D eigenvalue weighted by Crippen LogP contribution is 2.56. The quantitative estimate of drug-likeness (QED) is 0.554. The molecule has 0 heterocycles. The van der Waals surface area contributed by atoms with Crippen molar-refractivity contribution in [1.29, 1.82) is 0 Å². The van der Waals surface area contributed by atoms with Crippen LogP contribution in [0.25, 0.3) is 0 Å². The van der Waals surface area contributed by atoms with Gasteiger partial charge in [0.2, 0.25) is 0 Å². The largest absolute Gasteiger partial charge is 0.360 e. The SMILES string of the molecule is CN(C)C(=S)N[C@@H]1C[C@H]2C[C@@H]1[C@H]1C=CC[C@H]21. The van der Waals surface area contributed by atoms with E-state index in [0.717, 1.165) is 28.8 Å². The number of rotatable bonds is 1. The fourth-order valence-electron chi connectivity index (χ4n) is 4.00. The normalized spacial score (nSPS) is 43.5. The third-order valence-corrected chi connectivity index (χ3v) is 5.21. The zero-order valence-electron chi connectivity index (χ0n) is 10.0. The minimum absolute atomic E-state index is 0.629. The van der Waals surface area contributed by atoms with Crippen molar-refractivity contribution in [1.82, 2.24) is 10.2 Å². The zero-order chi connectivity index (χ0) is 11.3. The van der Waals surface area contributed by atoms with Crippen molar-refractivity contribution in [2.45, 2.75) is 25.3 Å². The van der Waals surface area contributed by atoms with Gasteiger partial charge >= 0.3 is 0 Å². The van der Waals surface area contributed by atoms with E-state index in [1.54, 1.807) is 0 Å². The Kier molecular flexibility index (Phi) is 2.46. The number of thiocarbonyl (C=S) groups is 1. The lowest BCUT2D eigenvalue weighted by molar-refractivity contribution is 0.244. The molecule has 0 amide bonds. The van der Waals surface area contributed by atoms with Crippen LogP contribution in [0.3, 0.4) is 0 Å². The zero-order valence-corrected chi connectivity index (χ0v) is 10.8.